The number of fused-ring (bicyclic) bond motifs is 1. The van der Waals surface area contributed by atoms with Gasteiger partial charge in [0.2, 0.25) is 10.0 Å². The second-order valence-electron chi connectivity index (χ2n) is 5.89. The van der Waals surface area contributed by atoms with E-state index in [1.54, 1.807) is 6.07 Å². The minimum atomic E-state index is -3.36. The molecule has 3 rings (SSSR count). The maximum Gasteiger partial charge on any atom is 0.240 e. The Labute approximate surface area is 126 Å². The minimum absolute atomic E-state index is 0.362. The molecule has 0 bridgehead atoms. The molecule has 2 heterocycles. The molecule has 0 spiro atoms. The highest BCUT2D eigenvalue weighted by Gasteiger charge is 2.25. The summed E-state index contributed by atoms with van der Waals surface area (Å²) in [4.78, 5) is 2.72. The summed E-state index contributed by atoms with van der Waals surface area (Å²) < 4.78 is 26.3. The molecule has 0 aliphatic carbocycles. The lowest BCUT2D eigenvalue weighted by molar-refractivity contribution is 0.375. The summed E-state index contributed by atoms with van der Waals surface area (Å²) >= 11 is 0. The molecule has 0 atom stereocenters. The largest absolute Gasteiger partial charge is 0.371 e. The van der Waals surface area contributed by atoms with Gasteiger partial charge in [0.15, 0.2) is 0 Å². The second kappa shape index (κ2) is 5.94. The van der Waals surface area contributed by atoms with E-state index in [1.165, 1.54) is 25.5 Å². The highest BCUT2D eigenvalue weighted by Crippen LogP contribution is 2.32. The monoisotopic (exact) mass is 309 g/mol. The topological polar surface area (TPSA) is 61.4 Å². The number of hydrogen-bond donors (Lipinski definition) is 2. The molecular formula is C15H23N3O2S. The summed E-state index contributed by atoms with van der Waals surface area (Å²) in [5, 5.41) is 3.39. The van der Waals surface area contributed by atoms with Crippen LogP contribution in [0.3, 0.4) is 0 Å². The van der Waals surface area contributed by atoms with Gasteiger partial charge >= 0.3 is 0 Å². The van der Waals surface area contributed by atoms with Gasteiger partial charge < -0.3 is 10.2 Å². The highest BCUT2D eigenvalue weighted by molar-refractivity contribution is 7.89. The van der Waals surface area contributed by atoms with Gasteiger partial charge in [0.05, 0.1) is 4.90 Å². The first-order valence-electron chi connectivity index (χ1n) is 7.62. The zero-order valence-corrected chi connectivity index (χ0v) is 13.2. The SMILES string of the molecule is CNS(=O)(=O)c1ccc2c(c1)N(CC1CCNCC1)CC2. The van der Waals surface area contributed by atoms with Gasteiger partial charge in [-0.05, 0) is 63.0 Å². The molecule has 0 unspecified atom stereocenters. The normalized spacial score (nSPS) is 19.8. The van der Waals surface area contributed by atoms with Gasteiger partial charge in [-0.3, -0.25) is 0 Å². The molecule has 0 radical (unpaired) electrons. The quantitative estimate of drug-likeness (QED) is 0.869. The summed E-state index contributed by atoms with van der Waals surface area (Å²) in [5.41, 5.74) is 2.36. The van der Waals surface area contributed by atoms with Gasteiger partial charge in [-0.1, -0.05) is 6.07 Å². The number of rotatable bonds is 4. The van der Waals surface area contributed by atoms with Gasteiger partial charge in [0.25, 0.3) is 0 Å². The Kier molecular flexibility index (Phi) is 4.19. The maximum atomic E-state index is 12.0. The first kappa shape index (κ1) is 14.8. The molecule has 1 aromatic rings. The van der Waals surface area contributed by atoms with E-state index in [9.17, 15) is 8.42 Å². The Hall–Kier alpha value is -1.11. The van der Waals surface area contributed by atoms with Gasteiger partial charge in [0, 0.05) is 18.8 Å². The van der Waals surface area contributed by atoms with Crippen LogP contribution in [0, 0.1) is 5.92 Å². The van der Waals surface area contributed by atoms with E-state index in [0.29, 0.717) is 10.8 Å². The summed E-state index contributed by atoms with van der Waals surface area (Å²) in [7, 11) is -1.91. The lowest BCUT2D eigenvalue weighted by atomic mass is 9.97. The predicted molar refractivity (Wildman–Crippen MR) is 84.2 cm³/mol. The van der Waals surface area contributed by atoms with Crippen LogP contribution in [0.4, 0.5) is 5.69 Å². The number of nitrogens with zero attached hydrogens (tertiary/aromatic N) is 1. The molecule has 2 aliphatic rings. The molecule has 0 aromatic heterocycles. The molecule has 1 saturated heterocycles. The molecule has 0 amide bonds. The predicted octanol–water partition coefficient (Wildman–Crippen LogP) is 0.957. The fourth-order valence-electron chi connectivity index (χ4n) is 3.28. The van der Waals surface area contributed by atoms with E-state index >= 15 is 0 Å². The Morgan fingerprint density at radius 1 is 1.33 bits per heavy atom. The standard InChI is InChI=1S/C15H23N3O2S/c1-16-21(19,20)14-3-2-13-6-9-18(15(13)10-14)11-12-4-7-17-8-5-12/h2-3,10,12,16-17H,4-9,11H2,1H3. The average Bonchev–Trinajstić information content (AvgIpc) is 2.91. The summed E-state index contributed by atoms with van der Waals surface area (Å²) in [6.07, 6.45) is 3.43. The molecule has 6 heteroatoms. The van der Waals surface area contributed by atoms with Crippen molar-refractivity contribution in [2.45, 2.75) is 24.2 Å². The number of nitrogens with one attached hydrogen (secondary N) is 2. The van der Waals surface area contributed by atoms with Crippen molar-refractivity contribution in [1.82, 2.24) is 10.0 Å². The molecule has 2 aliphatic heterocycles. The van der Waals surface area contributed by atoms with Crippen LogP contribution in [0.15, 0.2) is 23.1 Å². The average molecular weight is 309 g/mol. The first-order chi connectivity index (χ1) is 10.1. The molecule has 116 valence electrons. The van der Waals surface area contributed by atoms with E-state index < -0.39 is 10.0 Å². The molecule has 0 saturated carbocycles. The van der Waals surface area contributed by atoms with Crippen LogP contribution in [-0.2, 0) is 16.4 Å². The fraction of sp³-hybridized carbons (Fsp3) is 0.600. The Bertz CT molecular complexity index is 609. The van der Waals surface area contributed by atoms with Gasteiger partial charge in [0.1, 0.15) is 0 Å². The van der Waals surface area contributed by atoms with Gasteiger partial charge in [-0.2, -0.15) is 0 Å². The van der Waals surface area contributed by atoms with E-state index in [0.717, 1.165) is 38.3 Å². The summed E-state index contributed by atoms with van der Waals surface area (Å²) in [6.45, 7) is 4.24. The van der Waals surface area contributed by atoms with E-state index in [4.69, 9.17) is 0 Å². The Morgan fingerprint density at radius 2 is 2.10 bits per heavy atom. The first-order valence-corrected chi connectivity index (χ1v) is 9.10. The molecule has 1 aromatic carbocycles. The second-order valence-corrected chi connectivity index (χ2v) is 7.77. The maximum absolute atomic E-state index is 12.0. The van der Waals surface area contributed by atoms with E-state index in [-0.39, 0.29) is 0 Å². The number of hydrogen-bond acceptors (Lipinski definition) is 4. The van der Waals surface area contributed by atoms with Crippen LogP contribution in [0.1, 0.15) is 18.4 Å². The Balaban J connectivity index is 1.81. The molecule has 21 heavy (non-hydrogen) atoms. The van der Waals surface area contributed by atoms with Crippen LogP contribution in [-0.4, -0.2) is 41.6 Å². The molecule has 5 nitrogen and oxygen atoms in total. The van der Waals surface area contributed by atoms with Crippen LogP contribution in [0.5, 0.6) is 0 Å². The zero-order valence-electron chi connectivity index (χ0n) is 12.4. The number of anilines is 1. The molecule has 2 N–H and O–H groups in total. The van der Waals surface area contributed by atoms with Crippen molar-refractivity contribution in [2.24, 2.45) is 5.92 Å². The number of piperidine rings is 1. The van der Waals surface area contributed by atoms with Crippen molar-refractivity contribution < 1.29 is 8.42 Å². The highest BCUT2D eigenvalue weighted by atomic mass is 32.2. The lowest BCUT2D eigenvalue weighted by Crippen LogP contribution is -2.35. The van der Waals surface area contributed by atoms with Crippen LogP contribution >= 0.6 is 0 Å². The van der Waals surface area contributed by atoms with Crippen molar-refractivity contribution in [3.63, 3.8) is 0 Å². The van der Waals surface area contributed by atoms with E-state index in [1.807, 2.05) is 12.1 Å². The van der Waals surface area contributed by atoms with E-state index in [2.05, 4.69) is 14.9 Å². The zero-order chi connectivity index (χ0) is 14.9. The van der Waals surface area contributed by atoms with Crippen LogP contribution < -0.4 is 14.9 Å². The smallest absolute Gasteiger partial charge is 0.240 e. The van der Waals surface area contributed by atoms with Crippen molar-refractivity contribution in [3.8, 4) is 0 Å². The van der Waals surface area contributed by atoms with Crippen LogP contribution in [0.25, 0.3) is 0 Å². The van der Waals surface area contributed by atoms with Crippen molar-refractivity contribution >= 4 is 15.7 Å². The number of benzene rings is 1. The van der Waals surface area contributed by atoms with Crippen molar-refractivity contribution in [3.05, 3.63) is 23.8 Å². The van der Waals surface area contributed by atoms with Gasteiger partial charge in [-0.25, -0.2) is 13.1 Å². The van der Waals surface area contributed by atoms with Crippen LogP contribution in [0.2, 0.25) is 0 Å². The summed E-state index contributed by atoms with van der Waals surface area (Å²) in [5.74, 6) is 0.710. The lowest BCUT2D eigenvalue weighted by Gasteiger charge is -2.29. The third-order valence-corrected chi connectivity index (χ3v) is 5.98. The van der Waals surface area contributed by atoms with Gasteiger partial charge in [-0.15, -0.1) is 0 Å². The molecule has 1 fully saturated rings. The van der Waals surface area contributed by atoms with Crippen molar-refractivity contribution in [2.75, 3.05) is 38.1 Å². The van der Waals surface area contributed by atoms with Crippen molar-refractivity contribution in [1.29, 1.82) is 0 Å². The third kappa shape index (κ3) is 3.07. The number of sulfonamides is 1. The fourth-order valence-corrected chi connectivity index (χ4v) is 4.03. The molecular weight excluding hydrogens is 286 g/mol. The minimum Gasteiger partial charge on any atom is -0.371 e. The third-order valence-electron chi connectivity index (χ3n) is 4.56. The summed E-state index contributed by atoms with van der Waals surface area (Å²) in [6, 6.07) is 5.50. The Morgan fingerprint density at radius 3 is 2.81 bits per heavy atom.